The molecule has 0 saturated heterocycles. The highest BCUT2D eigenvalue weighted by molar-refractivity contribution is 9.11. The number of halogens is 1. The fourth-order valence-corrected chi connectivity index (χ4v) is 0.542. The predicted molar refractivity (Wildman–Crippen MR) is 39.1 cm³/mol. The normalized spacial score (nSPS) is 14.2. The summed E-state index contributed by atoms with van der Waals surface area (Å²) in [5.74, 6) is 0. The molecule has 0 amide bonds. The summed E-state index contributed by atoms with van der Waals surface area (Å²) in [5, 5.41) is 0. The van der Waals surface area contributed by atoms with Crippen LogP contribution in [0, 0.1) is 0 Å². The van der Waals surface area contributed by atoms with Crippen LogP contribution in [0.2, 0.25) is 0 Å². The standard InChI is InChI=1S/C5H9BrN2/c1-4(6)2-5(8)3-7/h2-3H,7-8H2,1H3/b4-2+,5-3-. The van der Waals surface area contributed by atoms with Gasteiger partial charge in [-0.15, -0.1) is 0 Å². The summed E-state index contributed by atoms with van der Waals surface area (Å²) in [7, 11) is 0. The smallest absolute Gasteiger partial charge is 0.0479 e. The van der Waals surface area contributed by atoms with E-state index >= 15 is 0 Å². The fourth-order valence-electron chi connectivity index (χ4n) is 0.278. The van der Waals surface area contributed by atoms with Gasteiger partial charge in [0.05, 0.1) is 0 Å². The molecule has 0 unspecified atom stereocenters. The van der Waals surface area contributed by atoms with Crippen molar-refractivity contribution in [1.29, 1.82) is 0 Å². The number of hydrogen-bond acceptors (Lipinski definition) is 2. The van der Waals surface area contributed by atoms with Crippen LogP contribution in [0.4, 0.5) is 0 Å². The maximum absolute atomic E-state index is 5.30. The first-order valence-corrected chi connectivity index (χ1v) is 2.97. The van der Waals surface area contributed by atoms with Crippen LogP contribution < -0.4 is 11.5 Å². The minimum atomic E-state index is 0.569. The SMILES string of the molecule is C/C(Br)=C\C(N)=C\N. The highest BCUT2D eigenvalue weighted by atomic mass is 79.9. The lowest BCUT2D eigenvalue weighted by Crippen LogP contribution is -1.96. The lowest BCUT2D eigenvalue weighted by Gasteiger charge is -1.87. The first kappa shape index (κ1) is 7.56. The monoisotopic (exact) mass is 176 g/mol. The molecule has 0 aromatic rings. The van der Waals surface area contributed by atoms with Crippen molar-refractivity contribution in [2.45, 2.75) is 6.92 Å². The lowest BCUT2D eigenvalue weighted by atomic mass is 10.4. The molecule has 0 bridgehead atoms. The largest absolute Gasteiger partial charge is 0.403 e. The molecule has 0 atom stereocenters. The second-order valence-electron chi connectivity index (χ2n) is 1.40. The van der Waals surface area contributed by atoms with E-state index in [1.807, 2.05) is 6.92 Å². The van der Waals surface area contributed by atoms with Crippen LogP contribution in [0.3, 0.4) is 0 Å². The second-order valence-corrected chi connectivity index (χ2v) is 2.65. The molecule has 8 heavy (non-hydrogen) atoms. The Bertz CT molecular complexity index is 122. The molecule has 0 aliphatic heterocycles. The lowest BCUT2D eigenvalue weighted by molar-refractivity contribution is 1.36. The van der Waals surface area contributed by atoms with Gasteiger partial charge in [-0.1, -0.05) is 15.9 Å². The van der Waals surface area contributed by atoms with Crippen LogP contribution in [0.25, 0.3) is 0 Å². The average molecular weight is 177 g/mol. The predicted octanol–water partition coefficient (Wildman–Crippen LogP) is 1.04. The quantitative estimate of drug-likeness (QED) is 0.588. The molecule has 0 aliphatic rings. The molecular formula is C5H9BrN2. The third-order valence-corrected chi connectivity index (χ3v) is 0.787. The Morgan fingerprint density at radius 1 is 1.62 bits per heavy atom. The van der Waals surface area contributed by atoms with Crippen molar-refractivity contribution >= 4 is 15.9 Å². The van der Waals surface area contributed by atoms with E-state index in [0.717, 1.165) is 4.48 Å². The highest BCUT2D eigenvalue weighted by Crippen LogP contribution is 2.02. The molecule has 3 heteroatoms. The van der Waals surface area contributed by atoms with Crippen molar-refractivity contribution in [3.8, 4) is 0 Å². The molecule has 2 nitrogen and oxygen atoms in total. The van der Waals surface area contributed by atoms with E-state index in [0.29, 0.717) is 5.70 Å². The Hall–Kier alpha value is -0.440. The summed E-state index contributed by atoms with van der Waals surface area (Å²) in [5.41, 5.74) is 10.9. The summed E-state index contributed by atoms with van der Waals surface area (Å²) in [6, 6.07) is 0. The van der Waals surface area contributed by atoms with E-state index < -0.39 is 0 Å². The number of allylic oxidation sites excluding steroid dienone is 2. The van der Waals surface area contributed by atoms with Crippen molar-refractivity contribution in [2.24, 2.45) is 11.5 Å². The molecular weight excluding hydrogens is 168 g/mol. The first-order valence-electron chi connectivity index (χ1n) is 2.18. The Kier molecular flexibility index (Phi) is 3.35. The third-order valence-electron chi connectivity index (χ3n) is 0.558. The van der Waals surface area contributed by atoms with Gasteiger partial charge in [-0.3, -0.25) is 0 Å². The Morgan fingerprint density at radius 3 is 2.25 bits per heavy atom. The van der Waals surface area contributed by atoms with Gasteiger partial charge in [-0.05, 0) is 17.5 Å². The third kappa shape index (κ3) is 3.74. The molecule has 0 aromatic carbocycles. The van der Waals surface area contributed by atoms with Gasteiger partial charge in [-0.2, -0.15) is 0 Å². The zero-order valence-corrected chi connectivity index (χ0v) is 6.27. The van der Waals surface area contributed by atoms with Crippen LogP contribution in [-0.2, 0) is 0 Å². The topological polar surface area (TPSA) is 52.0 Å². The average Bonchev–Trinajstić information content (AvgIpc) is 1.65. The maximum Gasteiger partial charge on any atom is 0.0479 e. The van der Waals surface area contributed by atoms with E-state index in [2.05, 4.69) is 15.9 Å². The number of nitrogens with two attached hydrogens (primary N) is 2. The molecule has 46 valence electrons. The highest BCUT2D eigenvalue weighted by Gasteiger charge is 1.79. The molecule has 0 rings (SSSR count). The van der Waals surface area contributed by atoms with Crippen molar-refractivity contribution in [3.05, 3.63) is 22.5 Å². The molecule has 0 fully saturated rings. The van der Waals surface area contributed by atoms with Crippen LogP contribution in [0.5, 0.6) is 0 Å². The van der Waals surface area contributed by atoms with Crippen LogP contribution in [0.1, 0.15) is 6.92 Å². The van der Waals surface area contributed by atoms with Gasteiger partial charge in [0.25, 0.3) is 0 Å². The van der Waals surface area contributed by atoms with Crippen molar-refractivity contribution in [3.63, 3.8) is 0 Å². The van der Waals surface area contributed by atoms with Crippen LogP contribution in [-0.4, -0.2) is 0 Å². The van der Waals surface area contributed by atoms with E-state index in [9.17, 15) is 0 Å². The first-order chi connectivity index (χ1) is 3.66. The maximum atomic E-state index is 5.30. The molecule has 0 radical (unpaired) electrons. The van der Waals surface area contributed by atoms with Crippen molar-refractivity contribution in [2.75, 3.05) is 0 Å². The Labute approximate surface area is 57.4 Å². The Balaban J connectivity index is 3.89. The van der Waals surface area contributed by atoms with Crippen LogP contribution >= 0.6 is 15.9 Å². The van der Waals surface area contributed by atoms with Crippen molar-refractivity contribution < 1.29 is 0 Å². The van der Waals surface area contributed by atoms with Gasteiger partial charge in [0, 0.05) is 11.9 Å². The number of hydrogen-bond donors (Lipinski definition) is 2. The van der Waals surface area contributed by atoms with E-state index in [4.69, 9.17) is 11.5 Å². The van der Waals surface area contributed by atoms with Gasteiger partial charge >= 0.3 is 0 Å². The molecule has 0 saturated carbocycles. The minimum Gasteiger partial charge on any atom is -0.403 e. The summed E-state index contributed by atoms with van der Waals surface area (Å²) < 4.78 is 0.969. The van der Waals surface area contributed by atoms with E-state index in [1.165, 1.54) is 6.20 Å². The number of rotatable bonds is 1. The summed E-state index contributed by atoms with van der Waals surface area (Å²) in [6.07, 6.45) is 3.09. The minimum absolute atomic E-state index is 0.569. The summed E-state index contributed by atoms with van der Waals surface area (Å²) in [4.78, 5) is 0. The zero-order chi connectivity index (χ0) is 6.57. The molecule has 0 aromatic heterocycles. The van der Waals surface area contributed by atoms with Crippen molar-refractivity contribution in [1.82, 2.24) is 0 Å². The van der Waals surface area contributed by atoms with Gasteiger partial charge in [-0.25, -0.2) is 0 Å². The van der Waals surface area contributed by atoms with E-state index in [1.54, 1.807) is 6.08 Å². The fraction of sp³-hybridized carbons (Fsp3) is 0.200. The Morgan fingerprint density at radius 2 is 2.12 bits per heavy atom. The summed E-state index contributed by atoms with van der Waals surface area (Å²) in [6.45, 7) is 1.89. The summed E-state index contributed by atoms with van der Waals surface area (Å²) >= 11 is 3.20. The van der Waals surface area contributed by atoms with Gasteiger partial charge in [0.1, 0.15) is 0 Å². The van der Waals surface area contributed by atoms with E-state index in [-0.39, 0.29) is 0 Å². The second kappa shape index (κ2) is 3.55. The molecule has 0 aliphatic carbocycles. The molecule has 0 heterocycles. The van der Waals surface area contributed by atoms with Crippen LogP contribution in [0.15, 0.2) is 22.5 Å². The molecule has 0 spiro atoms. The van der Waals surface area contributed by atoms with Gasteiger partial charge in [0.2, 0.25) is 0 Å². The molecule has 4 N–H and O–H groups in total. The zero-order valence-electron chi connectivity index (χ0n) is 4.69. The van der Waals surface area contributed by atoms with Gasteiger partial charge in [0.15, 0.2) is 0 Å². The van der Waals surface area contributed by atoms with Gasteiger partial charge < -0.3 is 11.5 Å².